The molecule has 3 aromatic rings. The average molecular weight is 456 g/mol. The molecule has 2 atom stereocenters. The molecule has 1 fully saturated rings. The van der Waals surface area contributed by atoms with Gasteiger partial charge in [-0.1, -0.05) is 42.5 Å². The molecule has 3 aromatic carbocycles. The molecule has 1 aliphatic heterocycles. The lowest BCUT2D eigenvalue weighted by molar-refractivity contribution is 0.324. The molecular formula is C29H33N3O2. The SMILES string of the molecule is Cc1cc(C)c(O)c(C=N[C@@H]2CN(Cc3ccccc3)C[C@H]2N=Cc2cc(C)cc(C)c2O)c1. The van der Waals surface area contributed by atoms with Gasteiger partial charge < -0.3 is 10.2 Å². The fourth-order valence-electron chi connectivity index (χ4n) is 4.65. The van der Waals surface area contributed by atoms with Crippen LogP contribution >= 0.6 is 0 Å². The number of hydrogen-bond donors (Lipinski definition) is 2. The highest BCUT2D eigenvalue weighted by atomic mass is 16.3. The highest BCUT2D eigenvalue weighted by molar-refractivity contribution is 5.85. The van der Waals surface area contributed by atoms with Crippen LogP contribution < -0.4 is 0 Å². The first-order valence-corrected chi connectivity index (χ1v) is 11.7. The molecule has 0 saturated carbocycles. The van der Waals surface area contributed by atoms with Crippen molar-refractivity contribution in [3.63, 3.8) is 0 Å². The minimum absolute atomic E-state index is 0.0479. The molecule has 0 unspecified atom stereocenters. The van der Waals surface area contributed by atoms with Crippen molar-refractivity contribution in [1.29, 1.82) is 0 Å². The van der Waals surface area contributed by atoms with E-state index in [2.05, 4.69) is 29.2 Å². The summed E-state index contributed by atoms with van der Waals surface area (Å²) < 4.78 is 0. The lowest BCUT2D eigenvalue weighted by Gasteiger charge is -2.14. The summed E-state index contributed by atoms with van der Waals surface area (Å²) in [5.41, 5.74) is 6.59. The van der Waals surface area contributed by atoms with Crippen molar-refractivity contribution in [3.05, 3.63) is 93.5 Å². The monoisotopic (exact) mass is 455 g/mol. The van der Waals surface area contributed by atoms with E-state index in [0.717, 1.165) is 53.0 Å². The number of aliphatic imine (C=N–C) groups is 2. The predicted octanol–water partition coefficient (Wildman–Crippen LogP) is 5.12. The summed E-state index contributed by atoms with van der Waals surface area (Å²) in [7, 11) is 0. The fraction of sp³-hybridized carbons (Fsp3) is 0.310. The minimum atomic E-state index is -0.0479. The molecule has 0 spiro atoms. The van der Waals surface area contributed by atoms with Gasteiger partial charge in [-0.25, -0.2) is 0 Å². The number of rotatable bonds is 6. The van der Waals surface area contributed by atoms with Crippen LogP contribution in [0.5, 0.6) is 11.5 Å². The molecule has 1 aliphatic rings. The lowest BCUT2D eigenvalue weighted by Crippen LogP contribution is -2.21. The molecule has 0 bridgehead atoms. The molecule has 5 heteroatoms. The fourth-order valence-corrected chi connectivity index (χ4v) is 4.65. The van der Waals surface area contributed by atoms with E-state index in [1.165, 1.54) is 5.56 Å². The zero-order chi connectivity index (χ0) is 24.2. The number of aryl methyl sites for hydroxylation is 4. The molecule has 5 nitrogen and oxygen atoms in total. The van der Waals surface area contributed by atoms with E-state index in [4.69, 9.17) is 9.98 Å². The summed E-state index contributed by atoms with van der Waals surface area (Å²) in [6.07, 6.45) is 3.56. The Morgan fingerprint density at radius 2 is 1.24 bits per heavy atom. The van der Waals surface area contributed by atoms with Gasteiger partial charge in [0.2, 0.25) is 0 Å². The number of likely N-dealkylation sites (tertiary alicyclic amines) is 1. The van der Waals surface area contributed by atoms with E-state index in [-0.39, 0.29) is 23.6 Å². The molecule has 34 heavy (non-hydrogen) atoms. The second kappa shape index (κ2) is 10.2. The first kappa shape index (κ1) is 23.7. The standard InChI is InChI=1S/C29H33N3O2/c1-19-10-21(3)28(33)24(12-19)14-30-26-17-32(16-23-8-6-5-7-9-23)18-27(26)31-15-25-13-20(2)11-22(4)29(25)34/h5-15,26-27,33-34H,16-18H2,1-4H3/t26-,27-/m1/s1. The highest BCUT2D eigenvalue weighted by Crippen LogP contribution is 2.25. The molecular weight excluding hydrogens is 422 g/mol. The maximum atomic E-state index is 10.5. The first-order chi connectivity index (χ1) is 16.3. The van der Waals surface area contributed by atoms with Crippen molar-refractivity contribution in [3.8, 4) is 11.5 Å². The van der Waals surface area contributed by atoms with Gasteiger partial charge in [0.1, 0.15) is 11.5 Å². The van der Waals surface area contributed by atoms with Gasteiger partial charge in [0.25, 0.3) is 0 Å². The maximum absolute atomic E-state index is 10.5. The van der Waals surface area contributed by atoms with Crippen molar-refractivity contribution >= 4 is 12.4 Å². The third-order valence-corrected chi connectivity index (χ3v) is 6.34. The summed E-state index contributed by atoms with van der Waals surface area (Å²) in [5.74, 6) is 0.544. The van der Waals surface area contributed by atoms with Crippen molar-refractivity contribution < 1.29 is 10.2 Å². The Kier molecular flexibility index (Phi) is 7.13. The third kappa shape index (κ3) is 5.54. The van der Waals surface area contributed by atoms with E-state index < -0.39 is 0 Å². The molecule has 0 radical (unpaired) electrons. The van der Waals surface area contributed by atoms with Gasteiger partial charge in [0.15, 0.2) is 0 Å². The van der Waals surface area contributed by atoms with Crippen LogP contribution in [-0.2, 0) is 6.54 Å². The van der Waals surface area contributed by atoms with Crippen LogP contribution in [0.15, 0.2) is 64.6 Å². The number of benzene rings is 3. The normalized spacial score (nSPS) is 18.9. The quantitative estimate of drug-likeness (QED) is 0.507. The van der Waals surface area contributed by atoms with E-state index in [9.17, 15) is 10.2 Å². The molecule has 176 valence electrons. The molecule has 2 N–H and O–H groups in total. The van der Waals surface area contributed by atoms with Gasteiger partial charge in [-0.05, 0) is 67.6 Å². The lowest BCUT2D eigenvalue weighted by atomic mass is 10.1. The Hall–Kier alpha value is -3.44. The van der Waals surface area contributed by atoms with Crippen molar-refractivity contribution in [2.24, 2.45) is 9.98 Å². The largest absolute Gasteiger partial charge is 0.507 e. The van der Waals surface area contributed by atoms with Crippen molar-refractivity contribution in [1.82, 2.24) is 4.90 Å². The highest BCUT2D eigenvalue weighted by Gasteiger charge is 2.32. The molecule has 1 heterocycles. The van der Waals surface area contributed by atoms with Gasteiger partial charge in [-0.3, -0.25) is 14.9 Å². The van der Waals surface area contributed by atoms with Gasteiger partial charge in [-0.15, -0.1) is 0 Å². The van der Waals surface area contributed by atoms with Crippen LogP contribution in [0.3, 0.4) is 0 Å². The van der Waals surface area contributed by atoms with E-state index >= 15 is 0 Å². The topological polar surface area (TPSA) is 68.4 Å². The average Bonchev–Trinajstić information content (AvgIpc) is 3.18. The first-order valence-electron chi connectivity index (χ1n) is 11.7. The van der Waals surface area contributed by atoms with Crippen LogP contribution in [0.2, 0.25) is 0 Å². The maximum Gasteiger partial charge on any atom is 0.127 e. The predicted molar refractivity (Wildman–Crippen MR) is 140 cm³/mol. The van der Waals surface area contributed by atoms with Crippen LogP contribution in [0.1, 0.15) is 38.9 Å². The summed E-state index contributed by atoms with van der Waals surface area (Å²) >= 11 is 0. The molecule has 0 amide bonds. The van der Waals surface area contributed by atoms with Crippen LogP contribution in [0.4, 0.5) is 0 Å². The molecule has 4 rings (SSSR count). The van der Waals surface area contributed by atoms with E-state index in [1.807, 2.05) is 58.0 Å². The summed E-state index contributed by atoms with van der Waals surface area (Å²) in [6, 6.07) is 18.2. The Morgan fingerprint density at radius 1 is 0.765 bits per heavy atom. The minimum Gasteiger partial charge on any atom is -0.507 e. The number of hydrogen-bond acceptors (Lipinski definition) is 5. The Labute approximate surface area is 202 Å². The van der Waals surface area contributed by atoms with Crippen molar-refractivity contribution in [2.75, 3.05) is 13.1 Å². The third-order valence-electron chi connectivity index (χ3n) is 6.34. The summed E-state index contributed by atoms with van der Waals surface area (Å²) in [4.78, 5) is 12.1. The number of nitrogens with zero attached hydrogens (tertiary/aromatic N) is 3. The zero-order valence-corrected chi connectivity index (χ0v) is 20.4. The van der Waals surface area contributed by atoms with Crippen LogP contribution in [-0.4, -0.2) is 52.7 Å². The smallest absolute Gasteiger partial charge is 0.127 e. The Bertz CT molecular complexity index is 1140. The summed E-state index contributed by atoms with van der Waals surface area (Å²) in [6.45, 7) is 10.2. The second-order valence-electron chi connectivity index (χ2n) is 9.41. The Balaban J connectivity index is 1.60. The van der Waals surface area contributed by atoms with Gasteiger partial charge in [0.05, 0.1) is 12.1 Å². The molecule has 1 saturated heterocycles. The molecule has 0 aliphatic carbocycles. The van der Waals surface area contributed by atoms with Gasteiger partial charge in [-0.2, -0.15) is 0 Å². The van der Waals surface area contributed by atoms with E-state index in [0.29, 0.717) is 0 Å². The number of aromatic hydroxyl groups is 2. The van der Waals surface area contributed by atoms with Gasteiger partial charge in [0, 0.05) is 43.2 Å². The number of phenolic OH excluding ortho intramolecular Hbond substituents is 2. The van der Waals surface area contributed by atoms with Crippen LogP contribution in [0, 0.1) is 27.7 Å². The van der Waals surface area contributed by atoms with Crippen molar-refractivity contribution in [2.45, 2.75) is 46.3 Å². The van der Waals surface area contributed by atoms with Gasteiger partial charge >= 0.3 is 0 Å². The molecule has 0 aromatic heterocycles. The Morgan fingerprint density at radius 3 is 1.71 bits per heavy atom. The second-order valence-corrected chi connectivity index (χ2v) is 9.41. The van der Waals surface area contributed by atoms with Crippen LogP contribution in [0.25, 0.3) is 0 Å². The summed E-state index contributed by atoms with van der Waals surface area (Å²) in [5, 5.41) is 21.0. The number of phenols is 2. The zero-order valence-electron chi connectivity index (χ0n) is 20.4. The van der Waals surface area contributed by atoms with E-state index in [1.54, 1.807) is 12.4 Å².